The van der Waals surface area contributed by atoms with Gasteiger partial charge in [0, 0.05) is 0 Å². The van der Waals surface area contributed by atoms with Gasteiger partial charge in [0.25, 0.3) is 0 Å². The summed E-state index contributed by atoms with van der Waals surface area (Å²) in [6.45, 7) is 6.77. The van der Waals surface area contributed by atoms with Crippen LogP contribution in [0.4, 0.5) is 0 Å². The average molecular weight is 192 g/mol. The zero-order valence-corrected chi connectivity index (χ0v) is 9.56. The Balaban J connectivity index is 3.34. The summed E-state index contributed by atoms with van der Waals surface area (Å²) in [5, 5.41) is 0. The molecule has 0 aromatic carbocycles. The predicted octanol–water partition coefficient (Wildman–Crippen LogP) is 4.01. The Hall–Kier alpha value is 0.700. The van der Waals surface area contributed by atoms with Gasteiger partial charge >= 0.3 is 0 Å². The van der Waals surface area contributed by atoms with Crippen molar-refractivity contribution in [2.24, 2.45) is 0 Å². The van der Waals surface area contributed by atoms with Crippen LogP contribution in [-0.4, -0.2) is 16.1 Å². The van der Waals surface area contributed by atoms with Gasteiger partial charge in [0.1, 0.15) is 0 Å². The maximum Gasteiger partial charge on any atom is 0.0502 e. The molecule has 0 aliphatic heterocycles. The predicted molar refractivity (Wildman–Crippen MR) is 59.6 cm³/mol. The molecule has 0 rings (SSSR count). The minimum absolute atomic E-state index is 0.866. The fourth-order valence-electron chi connectivity index (χ4n) is 0.957. The maximum absolute atomic E-state index is 2.27. The van der Waals surface area contributed by atoms with Crippen molar-refractivity contribution in [3.63, 3.8) is 0 Å². The van der Waals surface area contributed by atoms with Gasteiger partial charge in [-0.1, -0.05) is 33.6 Å². The maximum atomic E-state index is 2.27. The van der Waals surface area contributed by atoms with E-state index in [1.165, 1.54) is 30.8 Å². The monoisotopic (exact) mass is 192 g/mol. The molecule has 0 bridgehead atoms. The number of hydrogen-bond donors (Lipinski definition) is 0. The molecule has 0 saturated carbocycles. The van der Waals surface area contributed by atoms with Crippen LogP contribution in [0.5, 0.6) is 0 Å². The third kappa shape index (κ3) is 7.07. The highest BCUT2D eigenvalue weighted by Crippen LogP contribution is 2.27. The molecule has 0 heterocycles. The molecule has 0 aromatic heterocycles. The molecule has 0 fully saturated rings. The Morgan fingerprint density at radius 3 is 1.91 bits per heavy atom. The first kappa shape index (κ1) is 11.7. The first-order chi connectivity index (χ1) is 5.35. The second kappa shape index (κ2) is 8.79. The van der Waals surface area contributed by atoms with Crippen LogP contribution in [0.3, 0.4) is 0 Å². The van der Waals surface area contributed by atoms with Crippen LogP contribution in [0.25, 0.3) is 0 Å². The fraction of sp³-hybridized carbons (Fsp3) is 1.00. The van der Waals surface area contributed by atoms with E-state index in [0.29, 0.717) is 0 Å². The fourth-order valence-corrected chi connectivity index (χ4v) is 3.57. The summed E-state index contributed by atoms with van der Waals surface area (Å²) in [4.78, 5) is 0. The molecule has 0 aliphatic rings. The van der Waals surface area contributed by atoms with Crippen molar-refractivity contribution in [2.75, 3.05) is 11.5 Å². The Bertz CT molecular complexity index is 68.0. The Kier molecular flexibility index (Phi) is 9.35. The SMILES string of the molecule is CCCCC(SCC)SCC. The highest BCUT2D eigenvalue weighted by Gasteiger charge is 2.05. The van der Waals surface area contributed by atoms with Crippen molar-refractivity contribution >= 4 is 23.5 Å². The zero-order chi connectivity index (χ0) is 8.53. The lowest BCUT2D eigenvalue weighted by Crippen LogP contribution is -1.97. The Labute approximate surface area is 79.9 Å². The number of thioether (sulfide) groups is 2. The van der Waals surface area contributed by atoms with Gasteiger partial charge in [0.2, 0.25) is 0 Å². The third-order valence-electron chi connectivity index (χ3n) is 1.50. The molecule has 0 aliphatic carbocycles. The molecule has 0 spiro atoms. The van der Waals surface area contributed by atoms with E-state index in [9.17, 15) is 0 Å². The van der Waals surface area contributed by atoms with Gasteiger partial charge in [-0.05, 0) is 17.9 Å². The molecule has 0 nitrogen and oxygen atoms in total. The summed E-state index contributed by atoms with van der Waals surface area (Å²) in [5.41, 5.74) is 0. The van der Waals surface area contributed by atoms with E-state index >= 15 is 0 Å². The topological polar surface area (TPSA) is 0 Å². The molecule has 0 saturated heterocycles. The number of rotatable bonds is 7. The summed E-state index contributed by atoms with van der Waals surface area (Å²) in [6, 6.07) is 0. The first-order valence-corrected chi connectivity index (χ1v) is 6.68. The van der Waals surface area contributed by atoms with Crippen molar-refractivity contribution in [1.82, 2.24) is 0 Å². The van der Waals surface area contributed by atoms with E-state index < -0.39 is 0 Å². The molecule has 0 aromatic rings. The molecular formula is C9H20S2. The van der Waals surface area contributed by atoms with Crippen LogP contribution in [0, 0.1) is 0 Å². The van der Waals surface area contributed by atoms with Crippen molar-refractivity contribution in [1.29, 1.82) is 0 Å². The van der Waals surface area contributed by atoms with Crippen LogP contribution in [0.1, 0.15) is 40.0 Å². The standard InChI is InChI=1S/C9H20S2/c1-4-7-8-9(10-5-2)11-6-3/h9H,4-8H2,1-3H3. The molecule has 2 heteroatoms. The van der Waals surface area contributed by atoms with Crippen LogP contribution < -0.4 is 0 Å². The molecule has 0 atom stereocenters. The Morgan fingerprint density at radius 2 is 1.55 bits per heavy atom. The zero-order valence-electron chi connectivity index (χ0n) is 7.93. The van der Waals surface area contributed by atoms with Gasteiger partial charge < -0.3 is 0 Å². The summed E-state index contributed by atoms with van der Waals surface area (Å²) >= 11 is 4.21. The number of hydrogen-bond acceptors (Lipinski definition) is 2. The van der Waals surface area contributed by atoms with Crippen LogP contribution in [0.2, 0.25) is 0 Å². The van der Waals surface area contributed by atoms with Crippen molar-refractivity contribution < 1.29 is 0 Å². The van der Waals surface area contributed by atoms with Crippen molar-refractivity contribution in [3.8, 4) is 0 Å². The molecule has 0 unspecified atom stereocenters. The lowest BCUT2D eigenvalue weighted by molar-refractivity contribution is 0.763. The van der Waals surface area contributed by atoms with E-state index in [1.54, 1.807) is 0 Å². The van der Waals surface area contributed by atoms with Gasteiger partial charge in [-0.15, -0.1) is 23.5 Å². The number of unbranched alkanes of at least 4 members (excludes halogenated alkanes) is 1. The van der Waals surface area contributed by atoms with Gasteiger partial charge in [0.05, 0.1) is 4.58 Å². The van der Waals surface area contributed by atoms with Gasteiger partial charge in [-0.3, -0.25) is 0 Å². The van der Waals surface area contributed by atoms with Crippen molar-refractivity contribution in [2.45, 2.75) is 44.6 Å². The quantitative estimate of drug-likeness (QED) is 0.559. The van der Waals surface area contributed by atoms with E-state index in [0.717, 1.165) is 4.58 Å². The lowest BCUT2D eigenvalue weighted by Gasteiger charge is -2.13. The minimum atomic E-state index is 0.866. The van der Waals surface area contributed by atoms with E-state index in [2.05, 4.69) is 44.3 Å². The molecular weight excluding hydrogens is 172 g/mol. The Morgan fingerprint density at radius 1 is 1.00 bits per heavy atom. The van der Waals surface area contributed by atoms with Crippen molar-refractivity contribution in [3.05, 3.63) is 0 Å². The smallest absolute Gasteiger partial charge is 0.0502 e. The minimum Gasteiger partial charge on any atom is -0.148 e. The second-order valence-electron chi connectivity index (χ2n) is 2.48. The highest BCUT2D eigenvalue weighted by molar-refractivity contribution is 8.16. The highest BCUT2D eigenvalue weighted by atomic mass is 32.2. The lowest BCUT2D eigenvalue weighted by atomic mass is 10.3. The van der Waals surface area contributed by atoms with Crippen LogP contribution in [-0.2, 0) is 0 Å². The van der Waals surface area contributed by atoms with Gasteiger partial charge in [-0.2, -0.15) is 0 Å². The summed E-state index contributed by atoms with van der Waals surface area (Å²) in [6.07, 6.45) is 4.13. The summed E-state index contributed by atoms with van der Waals surface area (Å²) in [7, 11) is 0. The van der Waals surface area contributed by atoms with Gasteiger partial charge in [0.15, 0.2) is 0 Å². The molecule has 11 heavy (non-hydrogen) atoms. The largest absolute Gasteiger partial charge is 0.148 e. The normalized spacial score (nSPS) is 10.9. The molecule has 0 amide bonds. The van der Waals surface area contributed by atoms with Gasteiger partial charge in [-0.25, -0.2) is 0 Å². The van der Waals surface area contributed by atoms with Crippen LogP contribution in [0.15, 0.2) is 0 Å². The summed E-state index contributed by atoms with van der Waals surface area (Å²) < 4.78 is 0.866. The summed E-state index contributed by atoms with van der Waals surface area (Å²) in [5.74, 6) is 2.53. The second-order valence-corrected chi connectivity index (χ2v) is 5.74. The van der Waals surface area contributed by atoms with E-state index in [4.69, 9.17) is 0 Å². The van der Waals surface area contributed by atoms with Crippen LogP contribution >= 0.6 is 23.5 Å². The third-order valence-corrected chi connectivity index (χ3v) is 4.20. The average Bonchev–Trinajstić information content (AvgIpc) is 2.01. The van der Waals surface area contributed by atoms with E-state index in [-0.39, 0.29) is 0 Å². The molecule has 0 radical (unpaired) electrons. The molecule has 68 valence electrons. The molecule has 0 N–H and O–H groups in total. The van der Waals surface area contributed by atoms with E-state index in [1.807, 2.05) is 0 Å². The first-order valence-electron chi connectivity index (χ1n) is 4.58.